The summed E-state index contributed by atoms with van der Waals surface area (Å²) >= 11 is 0. The van der Waals surface area contributed by atoms with Gasteiger partial charge in [0.25, 0.3) is 0 Å². The van der Waals surface area contributed by atoms with Crippen LogP contribution in [0.1, 0.15) is 26.7 Å². The highest BCUT2D eigenvalue weighted by Gasteiger charge is 2.30. The maximum Gasteiger partial charge on any atom is 0.223 e. The zero-order valence-electron chi connectivity index (χ0n) is 8.81. The summed E-state index contributed by atoms with van der Waals surface area (Å²) in [5, 5.41) is 6.12. The van der Waals surface area contributed by atoms with E-state index in [0.717, 1.165) is 25.9 Å². The quantitative estimate of drug-likeness (QED) is 0.662. The van der Waals surface area contributed by atoms with E-state index < -0.39 is 0 Å². The third kappa shape index (κ3) is 3.77. The van der Waals surface area contributed by atoms with Crippen LogP contribution in [-0.4, -0.2) is 26.0 Å². The normalized spacial score (nSPS) is 17.2. The molecule has 76 valence electrons. The summed E-state index contributed by atoms with van der Waals surface area (Å²) in [5.74, 6) is 0.564. The lowest BCUT2D eigenvalue weighted by Crippen LogP contribution is -2.39. The van der Waals surface area contributed by atoms with Crippen molar-refractivity contribution in [3.05, 3.63) is 0 Å². The van der Waals surface area contributed by atoms with Crippen LogP contribution in [0.15, 0.2) is 0 Å². The Balaban J connectivity index is 2.19. The third-order valence-electron chi connectivity index (χ3n) is 2.34. The number of carbonyl (C=O) groups is 1. The SMILES string of the molecule is CNCC(C)(C)CNC(=O)C1CC1. The minimum Gasteiger partial charge on any atom is -0.355 e. The average molecular weight is 184 g/mol. The number of carbonyl (C=O) groups excluding carboxylic acids is 1. The molecule has 0 bridgehead atoms. The average Bonchev–Trinajstić information content (AvgIpc) is 2.82. The molecule has 0 atom stereocenters. The summed E-state index contributed by atoms with van der Waals surface area (Å²) in [6, 6.07) is 0. The van der Waals surface area contributed by atoms with Crippen molar-refractivity contribution in [3.8, 4) is 0 Å². The Morgan fingerprint density at radius 1 is 1.38 bits per heavy atom. The van der Waals surface area contributed by atoms with Gasteiger partial charge in [-0.1, -0.05) is 13.8 Å². The molecular weight excluding hydrogens is 164 g/mol. The molecule has 0 radical (unpaired) electrons. The van der Waals surface area contributed by atoms with Gasteiger partial charge in [0.15, 0.2) is 0 Å². The molecule has 0 aromatic heterocycles. The Kier molecular flexibility index (Phi) is 3.31. The number of hydrogen-bond donors (Lipinski definition) is 2. The van der Waals surface area contributed by atoms with Crippen LogP contribution < -0.4 is 10.6 Å². The van der Waals surface area contributed by atoms with Gasteiger partial charge in [-0.25, -0.2) is 0 Å². The molecule has 0 saturated heterocycles. The first-order chi connectivity index (χ1) is 6.05. The second-order valence-corrected chi connectivity index (χ2v) is 4.69. The highest BCUT2D eigenvalue weighted by atomic mass is 16.2. The van der Waals surface area contributed by atoms with E-state index in [1.807, 2.05) is 7.05 Å². The van der Waals surface area contributed by atoms with Crippen molar-refractivity contribution >= 4 is 5.91 Å². The molecule has 3 nitrogen and oxygen atoms in total. The fourth-order valence-corrected chi connectivity index (χ4v) is 1.36. The maximum atomic E-state index is 11.3. The van der Waals surface area contributed by atoms with E-state index in [-0.39, 0.29) is 11.3 Å². The predicted molar refractivity (Wildman–Crippen MR) is 53.4 cm³/mol. The van der Waals surface area contributed by atoms with Crippen LogP contribution >= 0.6 is 0 Å². The lowest BCUT2D eigenvalue weighted by atomic mass is 9.93. The standard InChI is InChI=1S/C10H20N2O/c1-10(2,6-11-3)7-12-9(13)8-4-5-8/h8,11H,4-7H2,1-3H3,(H,12,13). The zero-order valence-corrected chi connectivity index (χ0v) is 8.81. The van der Waals surface area contributed by atoms with Gasteiger partial charge in [-0.05, 0) is 25.3 Å². The van der Waals surface area contributed by atoms with Gasteiger partial charge in [0.2, 0.25) is 5.91 Å². The van der Waals surface area contributed by atoms with Gasteiger partial charge in [-0.15, -0.1) is 0 Å². The van der Waals surface area contributed by atoms with E-state index in [1.54, 1.807) is 0 Å². The van der Waals surface area contributed by atoms with Crippen LogP contribution in [-0.2, 0) is 4.79 Å². The first-order valence-corrected chi connectivity index (χ1v) is 4.97. The van der Waals surface area contributed by atoms with Crippen molar-refractivity contribution in [2.75, 3.05) is 20.1 Å². The summed E-state index contributed by atoms with van der Waals surface area (Å²) in [7, 11) is 1.93. The molecule has 1 rings (SSSR count). The van der Waals surface area contributed by atoms with Crippen LogP contribution in [0.5, 0.6) is 0 Å². The number of amides is 1. The lowest BCUT2D eigenvalue weighted by molar-refractivity contribution is -0.122. The summed E-state index contributed by atoms with van der Waals surface area (Å²) < 4.78 is 0. The first-order valence-electron chi connectivity index (χ1n) is 4.97. The molecule has 0 aromatic rings. The Morgan fingerprint density at radius 3 is 2.46 bits per heavy atom. The Morgan fingerprint density at radius 2 is 2.00 bits per heavy atom. The first kappa shape index (κ1) is 10.5. The van der Waals surface area contributed by atoms with Crippen molar-refractivity contribution in [3.63, 3.8) is 0 Å². The number of rotatable bonds is 5. The molecule has 1 amide bonds. The zero-order chi connectivity index (χ0) is 9.90. The summed E-state index contributed by atoms with van der Waals surface area (Å²) in [6.45, 7) is 5.99. The minimum atomic E-state index is 0.152. The van der Waals surface area contributed by atoms with Gasteiger partial charge in [0.1, 0.15) is 0 Å². The highest BCUT2D eigenvalue weighted by Crippen LogP contribution is 2.29. The molecule has 3 heteroatoms. The number of nitrogens with one attached hydrogen (secondary N) is 2. The molecule has 1 aliphatic carbocycles. The predicted octanol–water partition coefficient (Wildman–Crippen LogP) is 0.758. The van der Waals surface area contributed by atoms with Gasteiger partial charge in [0, 0.05) is 19.0 Å². The monoisotopic (exact) mass is 184 g/mol. The molecule has 13 heavy (non-hydrogen) atoms. The van der Waals surface area contributed by atoms with Gasteiger partial charge in [0.05, 0.1) is 0 Å². The second kappa shape index (κ2) is 4.09. The summed E-state index contributed by atoms with van der Waals surface area (Å²) in [4.78, 5) is 11.3. The third-order valence-corrected chi connectivity index (χ3v) is 2.34. The van der Waals surface area contributed by atoms with Crippen molar-refractivity contribution in [2.45, 2.75) is 26.7 Å². The summed E-state index contributed by atoms with van der Waals surface area (Å²) in [5.41, 5.74) is 0.152. The van der Waals surface area contributed by atoms with E-state index in [9.17, 15) is 4.79 Å². The van der Waals surface area contributed by atoms with Crippen LogP contribution in [0.3, 0.4) is 0 Å². The molecule has 1 fully saturated rings. The molecule has 0 heterocycles. The molecule has 2 N–H and O–H groups in total. The van der Waals surface area contributed by atoms with Gasteiger partial charge >= 0.3 is 0 Å². The number of hydrogen-bond acceptors (Lipinski definition) is 2. The Hall–Kier alpha value is -0.570. The second-order valence-electron chi connectivity index (χ2n) is 4.69. The van der Waals surface area contributed by atoms with Crippen molar-refractivity contribution in [1.29, 1.82) is 0 Å². The van der Waals surface area contributed by atoms with E-state index in [1.165, 1.54) is 0 Å². The van der Waals surface area contributed by atoms with Crippen LogP contribution in [0.2, 0.25) is 0 Å². The minimum absolute atomic E-state index is 0.152. The lowest BCUT2D eigenvalue weighted by Gasteiger charge is -2.24. The largest absolute Gasteiger partial charge is 0.355 e. The summed E-state index contributed by atoms with van der Waals surface area (Å²) in [6.07, 6.45) is 2.16. The van der Waals surface area contributed by atoms with Crippen LogP contribution in [0, 0.1) is 11.3 Å². The smallest absolute Gasteiger partial charge is 0.223 e. The molecule has 0 aliphatic heterocycles. The Labute approximate surface area is 80.3 Å². The van der Waals surface area contributed by atoms with E-state index >= 15 is 0 Å². The van der Waals surface area contributed by atoms with Gasteiger partial charge in [-0.2, -0.15) is 0 Å². The highest BCUT2D eigenvalue weighted by molar-refractivity contribution is 5.80. The Bertz CT molecular complexity index is 185. The van der Waals surface area contributed by atoms with E-state index in [4.69, 9.17) is 0 Å². The maximum absolute atomic E-state index is 11.3. The molecule has 1 aliphatic rings. The molecule has 1 saturated carbocycles. The fourth-order valence-electron chi connectivity index (χ4n) is 1.36. The van der Waals surface area contributed by atoms with Crippen LogP contribution in [0.25, 0.3) is 0 Å². The molecular formula is C10H20N2O. The topological polar surface area (TPSA) is 41.1 Å². The molecule has 0 aromatic carbocycles. The molecule has 0 spiro atoms. The van der Waals surface area contributed by atoms with Crippen molar-refractivity contribution in [1.82, 2.24) is 10.6 Å². The van der Waals surface area contributed by atoms with Crippen molar-refractivity contribution < 1.29 is 4.79 Å². The fraction of sp³-hybridized carbons (Fsp3) is 0.900. The van der Waals surface area contributed by atoms with Crippen molar-refractivity contribution in [2.24, 2.45) is 11.3 Å². The van der Waals surface area contributed by atoms with Crippen LogP contribution in [0.4, 0.5) is 0 Å². The van der Waals surface area contributed by atoms with Gasteiger partial charge < -0.3 is 10.6 Å². The van der Waals surface area contributed by atoms with Gasteiger partial charge in [-0.3, -0.25) is 4.79 Å². The van der Waals surface area contributed by atoms with E-state index in [2.05, 4.69) is 24.5 Å². The molecule has 0 unspecified atom stereocenters. The van der Waals surface area contributed by atoms with E-state index in [0.29, 0.717) is 5.92 Å².